The minimum atomic E-state index is -5.12. The standard InChI is InChI=1S/C3H5F3/c1-2-3(4,5)6/h2H2,1H3/i1D2,2D2. The Hall–Kier alpha value is -0.210. The van der Waals surface area contributed by atoms with Gasteiger partial charge in [0.2, 0.25) is 0 Å². The van der Waals surface area contributed by atoms with Crippen molar-refractivity contribution < 1.29 is 18.7 Å². The molecular formula is C3H5F3. The Bertz CT molecular complexity index is 117. The fraction of sp³-hybridized carbons (Fsp3) is 1.00. The zero-order valence-corrected chi connectivity index (χ0v) is 2.71. The maximum atomic E-state index is 11.5. The van der Waals surface area contributed by atoms with E-state index in [-0.39, 0.29) is 0 Å². The molecule has 0 aliphatic carbocycles. The van der Waals surface area contributed by atoms with Gasteiger partial charge in [-0.25, -0.2) is 0 Å². The fourth-order valence-electron chi connectivity index (χ4n) is 0. The van der Waals surface area contributed by atoms with Crippen molar-refractivity contribution >= 4 is 0 Å². The SMILES string of the molecule is [2H]C([2H])C([2H])([2H])C(F)(F)F. The van der Waals surface area contributed by atoms with Gasteiger partial charge in [-0.15, -0.1) is 0 Å². The molecule has 38 valence electrons. The van der Waals surface area contributed by atoms with Gasteiger partial charge in [0.05, 0.1) is 0 Å². The Morgan fingerprint density at radius 2 is 2.33 bits per heavy atom. The molecule has 0 aliphatic rings. The van der Waals surface area contributed by atoms with Crippen LogP contribution < -0.4 is 0 Å². The summed E-state index contributed by atoms with van der Waals surface area (Å²) in [7, 11) is 0. The van der Waals surface area contributed by atoms with E-state index in [2.05, 4.69) is 0 Å². The first-order valence-corrected chi connectivity index (χ1v) is 1.11. The van der Waals surface area contributed by atoms with Crippen LogP contribution in [0.4, 0.5) is 13.2 Å². The van der Waals surface area contributed by atoms with Crippen LogP contribution in [0.15, 0.2) is 0 Å². The number of halogens is 3. The van der Waals surface area contributed by atoms with Crippen LogP contribution >= 0.6 is 0 Å². The van der Waals surface area contributed by atoms with E-state index in [0.29, 0.717) is 0 Å². The molecule has 0 heterocycles. The first-order valence-electron chi connectivity index (χ1n) is 3.26. The third-order valence-corrected chi connectivity index (χ3v) is 0.164. The van der Waals surface area contributed by atoms with Crippen LogP contribution in [-0.2, 0) is 0 Å². The minimum absolute atomic E-state index is 2.53. The van der Waals surface area contributed by atoms with E-state index >= 15 is 0 Å². The highest BCUT2D eigenvalue weighted by atomic mass is 19.4. The average molecular weight is 102 g/mol. The van der Waals surface area contributed by atoms with Crippen molar-refractivity contribution in [1.29, 1.82) is 0 Å². The Morgan fingerprint density at radius 1 is 1.83 bits per heavy atom. The predicted molar refractivity (Wildman–Crippen MR) is 16.3 cm³/mol. The summed E-state index contributed by atoms with van der Waals surface area (Å²) in [6, 6.07) is 0. The fourth-order valence-corrected chi connectivity index (χ4v) is 0. The third kappa shape index (κ3) is 3.79. The van der Waals surface area contributed by atoms with Gasteiger partial charge in [0.15, 0.2) is 0 Å². The molecule has 0 aromatic heterocycles. The molecule has 0 aromatic rings. The molecule has 0 nitrogen and oxygen atoms in total. The monoisotopic (exact) mass is 102 g/mol. The van der Waals surface area contributed by atoms with E-state index in [0.717, 1.165) is 0 Å². The third-order valence-electron chi connectivity index (χ3n) is 0.164. The van der Waals surface area contributed by atoms with E-state index < -0.39 is 19.4 Å². The summed E-state index contributed by atoms with van der Waals surface area (Å²) in [5.74, 6) is 0. The van der Waals surface area contributed by atoms with Gasteiger partial charge in [-0.2, -0.15) is 13.2 Å². The molecule has 6 heavy (non-hydrogen) atoms. The summed E-state index contributed by atoms with van der Waals surface area (Å²) < 4.78 is 59.2. The largest absolute Gasteiger partial charge is 0.388 e. The van der Waals surface area contributed by atoms with Crippen LogP contribution in [0.5, 0.6) is 0 Å². The van der Waals surface area contributed by atoms with Crippen LogP contribution in [0.2, 0.25) is 0 Å². The second kappa shape index (κ2) is 1.49. The predicted octanol–water partition coefficient (Wildman–Crippen LogP) is 1.96. The first-order chi connectivity index (χ1) is 4.19. The minimum Gasteiger partial charge on any atom is -0.171 e. The summed E-state index contributed by atoms with van der Waals surface area (Å²) in [5.41, 5.74) is 0. The van der Waals surface area contributed by atoms with Crippen molar-refractivity contribution in [1.82, 2.24) is 0 Å². The van der Waals surface area contributed by atoms with Crippen LogP contribution in [0.25, 0.3) is 0 Å². The van der Waals surface area contributed by atoms with Crippen molar-refractivity contribution in [3.05, 3.63) is 0 Å². The Morgan fingerprint density at radius 3 is 2.33 bits per heavy atom. The maximum absolute atomic E-state index is 11.5. The van der Waals surface area contributed by atoms with Crippen LogP contribution in [0.3, 0.4) is 0 Å². The maximum Gasteiger partial charge on any atom is 0.388 e. The molecule has 0 saturated carbocycles. The molecule has 0 amide bonds. The summed E-state index contributed by atoms with van der Waals surface area (Å²) in [6.45, 7) is -2.53. The van der Waals surface area contributed by atoms with Crippen LogP contribution in [0, 0.1) is 0 Å². The van der Waals surface area contributed by atoms with Crippen molar-refractivity contribution in [2.45, 2.75) is 19.4 Å². The molecule has 0 radical (unpaired) electrons. The molecule has 0 atom stereocenters. The summed E-state index contributed by atoms with van der Waals surface area (Å²) in [6.07, 6.45) is -8.85. The van der Waals surface area contributed by atoms with Gasteiger partial charge in [0.1, 0.15) is 0 Å². The molecule has 3 heteroatoms. The van der Waals surface area contributed by atoms with E-state index in [1.165, 1.54) is 0 Å². The first kappa shape index (κ1) is 1.72. The van der Waals surface area contributed by atoms with Crippen molar-refractivity contribution in [3.8, 4) is 0 Å². The Labute approximate surface area is 39.6 Å². The second-order valence-electron chi connectivity index (χ2n) is 0.642. The molecule has 0 fully saturated rings. The number of alkyl halides is 3. The van der Waals surface area contributed by atoms with Gasteiger partial charge in [0.25, 0.3) is 0 Å². The molecule has 0 rings (SSSR count). The lowest BCUT2D eigenvalue weighted by Gasteiger charge is -1.96. The van der Waals surface area contributed by atoms with E-state index in [9.17, 15) is 13.2 Å². The molecule has 0 aromatic carbocycles. The lowest BCUT2D eigenvalue weighted by molar-refractivity contribution is -0.130. The lowest BCUT2D eigenvalue weighted by atomic mass is 10.5. The Kier molecular flexibility index (Phi) is 0.428. The second-order valence-corrected chi connectivity index (χ2v) is 0.642. The normalized spacial score (nSPS) is 24.7. The van der Waals surface area contributed by atoms with E-state index in [1.807, 2.05) is 0 Å². The molecule has 0 aliphatic heterocycles. The van der Waals surface area contributed by atoms with Crippen molar-refractivity contribution in [3.63, 3.8) is 0 Å². The highest BCUT2D eigenvalue weighted by Crippen LogP contribution is 2.17. The van der Waals surface area contributed by atoms with Gasteiger partial charge >= 0.3 is 6.18 Å². The topological polar surface area (TPSA) is 0 Å². The van der Waals surface area contributed by atoms with Crippen molar-refractivity contribution in [2.24, 2.45) is 0 Å². The molecule has 0 bridgehead atoms. The molecule has 0 saturated heterocycles. The van der Waals surface area contributed by atoms with Gasteiger partial charge < -0.3 is 0 Å². The van der Waals surface area contributed by atoms with E-state index in [4.69, 9.17) is 5.48 Å². The van der Waals surface area contributed by atoms with Crippen molar-refractivity contribution in [2.75, 3.05) is 0 Å². The molecule has 0 unspecified atom stereocenters. The zero-order valence-electron chi connectivity index (χ0n) is 6.71. The van der Waals surface area contributed by atoms with Gasteiger partial charge in [-0.3, -0.25) is 0 Å². The Balaban J connectivity index is 4.40. The molecule has 0 N–H and O–H groups in total. The summed E-state index contributed by atoms with van der Waals surface area (Å²) in [5, 5.41) is 0. The highest BCUT2D eigenvalue weighted by molar-refractivity contribution is 4.39. The summed E-state index contributed by atoms with van der Waals surface area (Å²) in [4.78, 5) is 0. The summed E-state index contributed by atoms with van der Waals surface area (Å²) >= 11 is 0. The van der Waals surface area contributed by atoms with Crippen LogP contribution in [-0.4, -0.2) is 6.18 Å². The number of hydrogen-bond donors (Lipinski definition) is 0. The molecular weight excluding hydrogens is 93.0 g/mol. The quantitative estimate of drug-likeness (QED) is 0.438. The average Bonchev–Trinajstić information content (AvgIpc) is 1.62. The molecule has 0 spiro atoms. The van der Waals surface area contributed by atoms with Crippen LogP contribution in [0.1, 0.15) is 18.7 Å². The van der Waals surface area contributed by atoms with E-state index in [1.54, 1.807) is 0 Å². The van der Waals surface area contributed by atoms with Gasteiger partial charge in [-0.1, -0.05) is 6.88 Å². The van der Waals surface area contributed by atoms with Gasteiger partial charge in [0, 0.05) is 11.9 Å². The smallest absolute Gasteiger partial charge is 0.171 e. The lowest BCUT2D eigenvalue weighted by Crippen LogP contribution is -2.02. The number of hydrogen-bond acceptors (Lipinski definition) is 0. The van der Waals surface area contributed by atoms with Gasteiger partial charge in [-0.05, 0) is 0 Å². The zero-order chi connectivity index (χ0) is 8.58. The number of rotatable bonds is 0. The highest BCUT2D eigenvalue weighted by Gasteiger charge is 2.22.